The zero-order valence-corrected chi connectivity index (χ0v) is 7.64. The molecule has 0 aromatic rings. The average Bonchev–Trinajstić information content (AvgIpc) is 2.03. The van der Waals surface area contributed by atoms with Crippen molar-refractivity contribution in [2.24, 2.45) is 0 Å². The number of rotatable bonds is 2. The molecule has 0 radical (unpaired) electrons. The molecule has 0 fully saturated rings. The Morgan fingerprint density at radius 2 is 2.00 bits per heavy atom. The molecule has 0 N–H and O–H groups in total. The second-order valence-corrected chi connectivity index (χ2v) is 4.03. The van der Waals surface area contributed by atoms with Crippen LogP contribution in [0, 0.1) is 0 Å². The fourth-order valence-corrected chi connectivity index (χ4v) is 1.30. The van der Waals surface area contributed by atoms with Gasteiger partial charge in [0, 0.05) is 6.42 Å². The quantitative estimate of drug-likeness (QED) is 0.407. The molecule has 0 saturated carbocycles. The number of alkyl halides is 3. The van der Waals surface area contributed by atoms with Crippen LogP contribution in [0.3, 0.4) is 0 Å². The lowest BCUT2D eigenvalue weighted by Gasteiger charge is -2.19. The molecule has 0 spiro atoms. The smallest absolute Gasteiger partial charge is 0.347 e. The first-order valence-corrected chi connectivity index (χ1v) is 5.00. The van der Waals surface area contributed by atoms with Crippen molar-refractivity contribution in [2.75, 3.05) is 6.61 Å². The van der Waals surface area contributed by atoms with Crippen molar-refractivity contribution in [3.8, 4) is 0 Å². The molecule has 0 aromatic carbocycles. The van der Waals surface area contributed by atoms with Gasteiger partial charge in [0.05, 0.1) is 6.61 Å². The molecule has 0 saturated heterocycles. The second-order valence-electron chi connectivity index (χ2n) is 2.47. The summed E-state index contributed by atoms with van der Waals surface area (Å²) < 4.78 is 64.8. The Morgan fingerprint density at radius 1 is 1.36 bits per heavy atom. The van der Waals surface area contributed by atoms with Gasteiger partial charge in [-0.25, -0.2) is 4.18 Å². The van der Waals surface area contributed by atoms with E-state index in [9.17, 15) is 21.6 Å². The zero-order chi connectivity index (χ0) is 10.8. The monoisotopic (exact) mass is 232 g/mol. The van der Waals surface area contributed by atoms with Gasteiger partial charge in [0.25, 0.3) is 0 Å². The molecule has 1 atom stereocenters. The van der Waals surface area contributed by atoms with Crippen LogP contribution in [0.15, 0.2) is 12.2 Å². The summed E-state index contributed by atoms with van der Waals surface area (Å²) in [5.74, 6) is 0. The summed E-state index contributed by atoms with van der Waals surface area (Å²) in [5.41, 5.74) is -5.41. The molecular weight excluding hydrogens is 225 g/mol. The van der Waals surface area contributed by atoms with Crippen molar-refractivity contribution in [1.82, 2.24) is 0 Å². The van der Waals surface area contributed by atoms with E-state index < -0.39 is 21.9 Å². The highest BCUT2D eigenvalue weighted by Crippen LogP contribution is 2.27. The van der Waals surface area contributed by atoms with Crippen molar-refractivity contribution in [3.63, 3.8) is 0 Å². The molecule has 1 aliphatic heterocycles. The summed E-state index contributed by atoms with van der Waals surface area (Å²) >= 11 is 0. The highest BCUT2D eigenvalue weighted by Gasteiger charge is 2.48. The zero-order valence-electron chi connectivity index (χ0n) is 6.82. The van der Waals surface area contributed by atoms with E-state index in [0.29, 0.717) is 0 Å². The van der Waals surface area contributed by atoms with Crippen LogP contribution >= 0.6 is 0 Å². The Bertz CT molecular complexity index is 318. The SMILES string of the molecule is O=S(=O)(OC1CC=CCO1)C(F)(F)F. The maximum atomic E-state index is 11.8. The maximum Gasteiger partial charge on any atom is 0.523 e. The minimum absolute atomic E-state index is 0.0185. The lowest BCUT2D eigenvalue weighted by Crippen LogP contribution is -2.32. The van der Waals surface area contributed by atoms with Gasteiger partial charge < -0.3 is 4.74 Å². The third-order valence-electron chi connectivity index (χ3n) is 1.39. The molecule has 8 heteroatoms. The van der Waals surface area contributed by atoms with E-state index in [1.54, 1.807) is 6.08 Å². The molecule has 1 heterocycles. The third-order valence-corrected chi connectivity index (χ3v) is 2.43. The van der Waals surface area contributed by atoms with Crippen LogP contribution in [0.5, 0.6) is 0 Å². The van der Waals surface area contributed by atoms with Crippen molar-refractivity contribution < 1.29 is 30.5 Å². The van der Waals surface area contributed by atoms with Gasteiger partial charge in [-0.2, -0.15) is 21.6 Å². The highest BCUT2D eigenvalue weighted by atomic mass is 32.2. The van der Waals surface area contributed by atoms with Gasteiger partial charge in [-0.1, -0.05) is 12.2 Å². The predicted octanol–water partition coefficient (Wildman–Crippen LogP) is 1.16. The predicted molar refractivity (Wildman–Crippen MR) is 39.6 cm³/mol. The lowest BCUT2D eigenvalue weighted by atomic mass is 10.3. The summed E-state index contributed by atoms with van der Waals surface area (Å²) in [6.07, 6.45) is 1.64. The van der Waals surface area contributed by atoms with Crippen LogP contribution in [0.2, 0.25) is 0 Å². The standard InChI is InChI=1S/C6H7F3O4S/c7-6(8,9)14(10,11)13-5-3-1-2-4-12-5/h1-2,5H,3-4H2. The van der Waals surface area contributed by atoms with Gasteiger partial charge in [-0.15, -0.1) is 0 Å². The Balaban J connectivity index is 2.64. The van der Waals surface area contributed by atoms with Gasteiger partial charge in [0.2, 0.25) is 0 Å². The Morgan fingerprint density at radius 3 is 2.43 bits per heavy atom. The summed E-state index contributed by atoms with van der Waals surface area (Å²) in [5, 5.41) is 0. The van der Waals surface area contributed by atoms with Gasteiger partial charge in [-0.05, 0) is 0 Å². The first kappa shape index (κ1) is 11.5. The van der Waals surface area contributed by atoms with Gasteiger partial charge in [0.15, 0.2) is 6.29 Å². The molecule has 0 amide bonds. The van der Waals surface area contributed by atoms with E-state index >= 15 is 0 Å². The highest BCUT2D eigenvalue weighted by molar-refractivity contribution is 7.87. The number of hydrogen-bond donors (Lipinski definition) is 0. The van der Waals surface area contributed by atoms with Crippen molar-refractivity contribution in [2.45, 2.75) is 18.2 Å². The van der Waals surface area contributed by atoms with Crippen LogP contribution in [-0.2, 0) is 19.0 Å². The molecule has 1 unspecified atom stereocenters. The molecule has 82 valence electrons. The topological polar surface area (TPSA) is 52.6 Å². The molecular formula is C6H7F3O4S. The minimum Gasteiger partial charge on any atom is -0.347 e. The fraction of sp³-hybridized carbons (Fsp3) is 0.667. The minimum atomic E-state index is -5.56. The van der Waals surface area contributed by atoms with E-state index in [2.05, 4.69) is 8.92 Å². The number of halogens is 3. The summed E-state index contributed by atoms with van der Waals surface area (Å²) in [4.78, 5) is 0. The number of hydrogen-bond acceptors (Lipinski definition) is 4. The van der Waals surface area contributed by atoms with Crippen molar-refractivity contribution in [3.05, 3.63) is 12.2 Å². The molecule has 14 heavy (non-hydrogen) atoms. The molecule has 0 aromatic heterocycles. The molecule has 1 aliphatic rings. The summed E-state index contributed by atoms with van der Waals surface area (Å²) in [7, 11) is -5.56. The largest absolute Gasteiger partial charge is 0.523 e. The number of ether oxygens (including phenoxy) is 1. The van der Waals surface area contributed by atoms with Crippen molar-refractivity contribution >= 4 is 10.1 Å². The summed E-state index contributed by atoms with van der Waals surface area (Å²) in [6, 6.07) is 0. The first-order valence-electron chi connectivity index (χ1n) is 3.59. The van der Waals surface area contributed by atoms with Crippen LogP contribution < -0.4 is 0 Å². The Hall–Kier alpha value is -0.600. The van der Waals surface area contributed by atoms with E-state index in [4.69, 9.17) is 0 Å². The van der Waals surface area contributed by atoms with E-state index in [1.165, 1.54) is 6.08 Å². The second kappa shape index (κ2) is 3.87. The lowest BCUT2D eigenvalue weighted by molar-refractivity contribution is -0.0992. The molecule has 0 bridgehead atoms. The normalized spacial score (nSPS) is 23.8. The van der Waals surface area contributed by atoms with Gasteiger partial charge >= 0.3 is 15.6 Å². The Labute approximate surface area is 78.4 Å². The molecule has 1 rings (SSSR count). The van der Waals surface area contributed by atoms with Gasteiger partial charge in [0.1, 0.15) is 0 Å². The van der Waals surface area contributed by atoms with E-state index in [-0.39, 0.29) is 13.0 Å². The van der Waals surface area contributed by atoms with Crippen LogP contribution in [-0.4, -0.2) is 26.8 Å². The third kappa shape index (κ3) is 2.69. The molecule has 0 aliphatic carbocycles. The Kier molecular flexibility index (Phi) is 3.17. The van der Waals surface area contributed by atoms with Crippen LogP contribution in [0.1, 0.15) is 6.42 Å². The summed E-state index contributed by atoms with van der Waals surface area (Å²) in [6.45, 7) is 0.0397. The first-order chi connectivity index (χ1) is 6.33. The van der Waals surface area contributed by atoms with E-state index in [1.807, 2.05) is 0 Å². The van der Waals surface area contributed by atoms with Crippen molar-refractivity contribution in [1.29, 1.82) is 0 Å². The van der Waals surface area contributed by atoms with Crippen LogP contribution in [0.25, 0.3) is 0 Å². The van der Waals surface area contributed by atoms with E-state index in [0.717, 1.165) is 0 Å². The van der Waals surface area contributed by atoms with Gasteiger partial charge in [-0.3, -0.25) is 0 Å². The van der Waals surface area contributed by atoms with Crippen LogP contribution in [0.4, 0.5) is 13.2 Å². The average molecular weight is 232 g/mol. The maximum absolute atomic E-state index is 11.8. The fourth-order valence-electron chi connectivity index (χ4n) is 0.769. The molecule has 4 nitrogen and oxygen atoms in total.